The van der Waals surface area contributed by atoms with E-state index < -0.39 is 0 Å². The average molecular weight is 225 g/mol. The molecule has 0 aliphatic carbocycles. The Labute approximate surface area is 97.6 Å². The Morgan fingerprint density at radius 2 is 1.88 bits per heavy atom. The van der Waals surface area contributed by atoms with Gasteiger partial charge in [0, 0.05) is 13.0 Å². The van der Waals surface area contributed by atoms with E-state index in [0.717, 1.165) is 18.7 Å². The van der Waals surface area contributed by atoms with E-state index >= 15 is 0 Å². The van der Waals surface area contributed by atoms with E-state index in [9.17, 15) is 0 Å². The van der Waals surface area contributed by atoms with Crippen LogP contribution in [0, 0.1) is 11.8 Å². The summed E-state index contributed by atoms with van der Waals surface area (Å²) in [5.74, 6) is 2.84. The van der Waals surface area contributed by atoms with Gasteiger partial charge in [0.25, 0.3) is 0 Å². The first-order chi connectivity index (χ1) is 7.52. The molecule has 1 heterocycles. The first-order valence-corrected chi connectivity index (χ1v) is 6.05. The minimum atomic E-state index is 0.202. The summed E-state index contributed by atoms with van der Waals surface area (Å²) in [6, 6.07) is 0. The maximum Gasteiger partial charge on any atom is 0.231 e. The summed E-state index contributed by atoms with van der Waals surface area (Å²) < 4.78 is 5.28. The lowest BCUT2D eigenvalue weighted by molar-refractivity contribution is 0.331. The molecule has 2 N–H and O–H groups in total. The molecular formula is C12H23N3O. The van der Waals surface area contributed by atoms with Crippen molar-refractivity contribution in [1.82, 2.24) is 10.1 Å². The third kappa shape index (κ3) is 3.93. The van der Waals surface area contributed by atoms with Gasteiger partial charge in [0.15, 0.2) is 5.82 Å². The van der Waals surface area contributed by atoms with Crippen molar-refractivity contribution >= 4 is 0 Å². The van der Waals surface area contributed by atoms with Gasteiger partial charge in [-0.3, -0.25) is 0 Å². The van der Waals surface area contributed by atoms with Gasteiger partial charge in [-0.25, -0.2) is 0 Å². The molecule has 0 saturated carbocycles. The number of rotatable bonds is 6. The molecule has 4 nitrogen and oxygen atoms in total. The molecule has 0 aliphatic heterocycles. The third-order valence-electron chi connectivity index (χ3n) is 2.46. The van der Waals surface area contributed by atoms with E-state index in [-0.39, 0.29) is 5.92 Å². The van der Waals surface area contributed by atoms with Crippen molar-refractivity contribution in [3.05, 3.63) is 11.7 Å². The summed E-state index contributed by atoms with van der Waals surface area (Å²) in [5.41, 5.74) is 5.74. The minimum Gasteiger partial charge on any atom is -0.339 e. The van der Waals surface area contributed by atoms with Crippen molar-refractivity contribution in [3.63, 3.8) is 0 Å². The number of aromatic nitrogens is 2. The molecule has 0 radical (unpaired) electrons. The normalized spacial score (nSPS) is 13.7. The maximum absolute atomic E-state index is 5.74. The average Bonchev–Trinajstić information content (AvgIpc) is 2.61. The van der Waals surface area contributed by atoms with Crippen molar-refractivity contribution in [2.75, 3.05) is 6.54 Å². The molecule has 1 rings (SSSR count). The van der Waals surface area contributed by atoms with Crippen LogP contribution >= 0.6 is 0 Å². The second-order valence-corrected chi connectivity index (χ2v) is 5.21. The topological polar surface area (TPSA) is 64.9 Å². The Balaban J connectivity index is 2.66. The number of nitrogens with two attached hydrogens (primary N) is 1. The van der Waals surface area contributed by atoms with Crippen molar-refractivity contribution < 1.29 is 4.52 Å². The molecule has 0 bridgehead atoms. The standard InChI is InChI=1S/C12H23N3O/c1-8(2)5-10(7-13)12-14-11(15-16-12)6-9(3)4/h8-10H,5-7,13H2,1-4H3. The summed E-state index contributed by atoms with van der Waals surface area (Å²) in [5, 5.41) is 3.99. The summed E-state index contributed by atoms with van der Waals surface area (Å²) >= 11 is 0. The van der Waals surface area contributed by atoms with Gasteiger partial charge in [0.2, 0.25) is 5.89 Å². The van der Waals surface area contributed by atoms with Crippen LogP contribution in [0.3, 0.4) is 0 Å². The fourth-order valence-electron chi connectivity index (χ4n) is 1.75. The van der Waals surface area contributed by atoms with Crippen LogP contribution in [0.25, 0.3) is 0 Å². The Hall–Kier alpha value is -0.900. The fourth-order valence-corrected chi connectivity index (χ4v) is 1.75. The highest BCUT2D eigenvalue weighted by atomic mass is 16.5. The second kappa shape index (κ2) is 5.99. The zero-order chi connectivity index (χ0) is 12.1. The molecule has 1 aromatic rings. The Morgan fingerprint density at radius 3 is 2.38 bits per heavy atom. The number of hydrogen-bond donors (Lipinski definition) is 1. The van der Waals surface area contributed by atoms with E-state index in [1.807, 2.05) is 0 Å². The first-order valence-electron chi connectivity index (χ1n) is 6.05. The summed E-state index contributed by atoms with van der Waals surface area (Å²) in [7, 11) is 0. The monoisotopic (exact) mass is 225 g/mol. The SMILES string of the molecule is CC(C)Cc1noc(C(CN)CC(C)C)n1. The summed E-state index contributed by atoms with van der Waals surface area (Å²) in [4.78, 5) is 4.42. The van der Waals surface area contributed by atoms with Crippen LogP contribution < -0.4 is 5.73 Å². The molecule has 92 valence electrons. The van der Waals surface area contributed by atoms with E-state index in [1.165, 1.54) is 0 Å². The van der Waals surface area contributed by atoms with E-state index in [4.69, 9.17) is 10.3 Å². The van der Waals surface area contributed by atoms with E-state index in [0.29, 0.717) is 24.3 Å². The van der Waals surface area contributed by atoms with Crippen molar-refractivity contribution in [2.24, 2.45) is 17.6 Å². The van der Waals surface area contributed by atoms with Gasteiger partial charge >= 0.3 is 0 Å². The highest BCUT2D eigenvalue weighted by molar-refractivity contribution is 4.95. The summed E-state index contributed by atoms with van der Waals surface area (Å²) in [6.45, 7) is 9.21. The molecular weight excluding hydrogens is 202 g/mol. The predicted molar refractivity (Wildman–Crippen MR) is 64.1 cm³/mol. The van der Waals surface area contributed by atoms with Crippen LogP contribution in [0.5, 0.6) is 0 Å². The van der Waals surface area contributed by atoms with E-state index in [2.05, 4.69) is 37.8 Å². The number of hydrogen-bond acceptors (Lipinski definition) is 4. The zero-order valence-corrected chi connectivity index (χ0v) is 10.7. The zero-order valence-electron chi connectivity index (χ0n) is 10.7. The van der Waals surface area contributed by atoms with Crippen LogP contribution in [-0.4, -0.2) is 16.7 Å². The van der Waals surface area contributed by atoms with Crippen LogP contribution in [0.4, 0.5) is 0 Å². The molecule has 0 amide bonds. The van der Waals surface area contributed by atoms with Crippen LogP contribution in [-0.2, 0) is 6.42 Å². The molecule has 0 spiro atoms. The largest absolute Gasteiger partial charge is 0.339 e. The van der Waals surface area contributed by atoms with Gasteiger partial charge in [0.1, 0.15) is 0 Å². The highest BCUT2D eigenvalue weighted by Crippen LogP contribution is 2.21. The smallest absolute Gasteiger partial charge is 0.231 e. The lowest BCUT2D eigenvalue weighted by Gasteiger charge is -2.11. The Morgan fingerprint density at radius 1 is 1.19 bits per heavy atom. The first kappa shape index (κ1) is 13.2. The molecule has 4 heteroatoms. The molecule has 16 heavy (non-hydrogen) atoms. The predicted octanol–water partition coefficient (Wildman–Crippen LogP) is 2.36. The van der Waals surface area contributed by atoms with Gasteiger partial charge in [-0.1, -0.05) is 32.9 Å². The van der Waals surface area contributed by atoms with Crippen LogP contribution in [0.15, 0.2) is 4.52 Å². The van der Waals surface area contributed by atoms with Gasteiger partial charge in [-0.05, 0) is 18.3 Å². The lowest BCUT2D eigenvalue weighted by atomic mass is 9.97. The molecule has 0 aromatic carbocycles. The lowest BCUT2D eigenvalue weighted by Crippen LogP contribution is -2.15. The third-order valence-corrected chi connectivity index (χ3v) is 2.46. The van der Waals surface area contributed by atoms with Crippen LogP contribution in [0.1, 0.15) is 51.7 Å². The van der Waals surface area contributed by atoms with E-state index in [1.54, 1.807) is 0 Å². The second-order valence-electron chi connectivity index (χ2n) is 5.21. The van der Waals surface area contributed by atoms with Crippen molar-refractivity contribution in [2.45, 2.75) is 46.5 Å². The minimum absolute atomic E-state index is 0.202. The van der Waals surface area contributed by atoms with Gasteiger partial charge < -0.3 is 10.3 Å². The number of nitrogens with zero attached hydrogens (tertiary/aromatic N) is 2. The van der Waals surface area contributed by atoms with Crippen molar-refractivity contribution in [3.8, 4) is 0 Å². The van der Waals surface area contributed by atoms with Crippen LogP contribution in [0.2, 0.25) is 0 Å². The quantitative estimate of drug-likeness (QED) is 0.807. The fraction of sp³-hybridized carbons (Fsp3) is 0.833. The Bertz CT molecular complexity index is 307. The highest BCUT2D eigenvalue weighted by Gasteiger charge is 2.19. The molecule has 0 aliphatic rings. The van der Waals surface area contributed by atoms with Gasteiger partial charge in [0.05, 0.1) is 5.92 Å². The molecule has 1 aromatic heterocycles. The summed E-state index contributed by atoms with van der Waals surface area (Å²) in [6.07, 6.45) is 1.86. The molecule has 1 unspecified atom stereocenters. The Kier molecular flexibility index (Phi) is 4.93. The van der Waals surface area contributed by atoms with Gasteiger partial charge in [-0.15, -0.1) is 0 Å². The molecule has 0 saturated heterocycles. The molecule has 0 fully saturated rings. The maximum atomic E-state index is 5.74. The van der Waals surface area contributed by atoms with Gasteiger partial charge in [-0.2, -0.15) is 4.98 Å². The molecule has 1 atom stereocenters. The van der Waals surface area contributed by atoms with Crippen molar-refractivity contribution in [1.29, 1.82) is 0 Å².